The number of nitrogens with one attached hydrogen (secondary N) is 1. The van der Waals surface area contributed by atoms with E-state index in [9.17, 15) is 0 Å². The Morgan fingerprint density at radius 1 is 0.926 bits per heavy atom. The number of aryl methyl sites for hydroxylation is 1. The summed E-state index contributed by atoms with van der Waals surface area (Å²) in [5, 5.41) is 3.27. The Morgan fingerprint density at radius 3 is 2.26 bits per heavy atom. The zero-order valence-electron chi connectivity index (χ0n) is 15.8. The Morgan fingerprint density at radius 2 is 1.67 bits per heavy atom. The van der Waals surface area contributed by atoms with E-state index >= 15 is 0 Å². The van der Waals surface area contributed by atoms with Crippen molar-refractivity contribution in [2.45, 2.75) is 5.54 Å². The largest absolute Gasteiger partial charge is 0.493 e. The zero-order valence-corrected chi connectivity index (χ0v) is 16.6. The molecule has 1 aliphatic rings. The van der Waals surface area contributed by atoms with Gasteiger partial charge in [0.1, 0.15) is 0 Å². The Balaban J connectivity index is 1.93. The van der Waals surface area contributed by atoms with Crippen LogP contribution in [0.2, 0.25) is 0 Å². The van der Waals surface area contributed by atoms with Crippen LogP contribution in [0.1, 0.15) is 11.1 Å². The summed E-state index contributed by atoms with van der Waals surface area (Å²) in [5.74, 6) is 1.87. The molecule has 0 bridgehead atoms. The average Bonchev–Trinajstić information content (AvgIpc) is 3.34. The van der Waals surface area contributed by atoms with Crippen molar-refractivity contribution in [3.63, 3.8) is 0 Å². The molecule has 5 nitrogen and oxygen atoms in total. The second kappa shape index (κ2) is 6.87. The summed E-state index contributed by atoms with van der Waals surface area (Å²) in [6.07, 6.45) is 4.25. The van der Waals surface area contributed by atoms with Crippen LogP contribution in [0.5, 0.6) is 17.2 Å². The molecule has 1 aromatic heterocycles. The minimum Gasteiger partial charge on any atom is -0.493 e. The summed E-state index contributed by atoms with van der Waals surface area (Å²) in [6, 6.07) is 12.7. The molecule has 0 spiro atoms. The van der Waals surface area contributed by atoms with E-state index in [2.05, 4.69) is 58.3 Å². The number of hydrogen-bond donors (Lipinski definition) is 1. The molecular weight excluding hydrogens is 360 g/mol. The maximum absolute atomic E-state index is 5.57. The maximum Gasteiger partial charge on any atom is 0.203 e. The second-order valence-electron chi connectivity index (χ2n) is 6.44. The molecule has 3 aromatic rings. The minimum atomic E-state index is -0.485. The van der Waals surface area contributed by atoms with Gasteiger partial charge in [-0.15, -0.1) is 0 Å². The van der Waals surface area contributed by atoms with E-state index in [-0.39, 0.29) is 0 Å². The van der Waals surface area contributed by atoms with E-state index < -0.39 is 5.54 Å². The van der Waals surface area contributed by atoms with Crippen molar-refractivity contribution in [2.24, 2.45) is 7.05 Å². The van der Waals surface area contributed by atoms with E-state index in [1.165, 1.54) is 10.9 Å². The van der Waals surface area contributed by atoms with Crippen LogP contribution in [0, 0.1) is 0 Å². The summed E-state index contributed by atoms with van der Waals surface area (Å²) in [5.41, 5.74) is 2.89. The third kappa shape index (κ3) is 2.76. The average molecular weight is 382 g/mol. The summed E-state index contributed by atoms with van der Waals surface area (Å²) in [7, 11) is 6.94. The zero-order chi connectivity index (χ0) is 19.0. The normalized spacial score (nSPS) is 18.8. The van der Waals surface area contributed by atoms with Crippen molar-refractivity contribution in [3.05, 3.63) is 65.2 Å². The van der Waals surface area contributed by atoms with E-state index in [1.54, 1.807) is 33.3 Å². The van der Waals surface area contributed by atoms with Gasteiger partial charge in [-0.25, -0.2) is 4.72 Å². The molecule has 0 saturated carbocycles. The van der Waals surface area contributed by atoms with Crippen molar-refractivity contribution in [3.8, 4) is 17.2 Å². The van der Waals surface area contributed by atoms with Crippen LogP contribution in [0.4, 0.5) is 0 Å². The Labute approximate surface area is 163 Å². The van der Waals surface area contributed by atoms with Crippen molar-refractivity contribution >= 4 is 22.9 Å². The number of benzene rings is 2. The highest BCUT2D eigenvalue weighted by Gasteiger charge is 2.36. The van der Waals surface area contributed by atoms with Gasteiger partial charge in [0.15, 0.2) is 11.5 Å². The highest BCUT2D eigenvalue weighted by molar-refractivity contribution is 8.00. The first-order valence-corrected chi connectivity index (χ1v) is 9.47. The monoisotopic (exact) mass is 382 g/mol. The molecule has 0 radical (unpaired) electrons. The van der Waals surface area contributed by atoms with Gasteiger partial charge in [-0.05, 0) is 58.3 Å². The number of aromatic nitrogens is 1. The van der Waals surface area contributed by atoms with Crippen molar-refractivity contribution < 1.29 is 14.2 Å². The summed E-state index contributed by atoms with van der Waals surface area (Å²) < 4.78 is 22.3. The minimum absolute atomic E-state index is 0.485. The second-order valence-corrected chi connectivity index (χ2v) is 7.16. The van der Waals surface area contributed by atoms with Crippen LogP contribution in [-0.4, -0.2) is 25.9 Å². The number of hydrogen-bond acceptors (Lipinski definition) is 5. The number of nitrogens with zero attached hydrogens (tertiary/aromatic N) is 1. The predicted molar refractivity (Wildman–Crippen MR) is 110 cm³/mol. The molecule has 1 unspecified atom stereocenters. The summed E-state index contributed by atoms with van der Waals surface area (Å²) in [6.45, 7) is 0. The first-order valence-electron chi connectivity index (χ1n) is 8.59. The standard InChI is InChI=1S/C21H22N2O3S/c1-23-9-7-14-11-15(5-6-17(14)23)21(8-10-27-22-21)16-12-18(24-2)20(26-4)19(13-16)25-3/h5-13,22H,1-4H3. The Kier molecular flexibility index (Phi) is 4.53. The molecule has 140 valence electrons. The molecule has 2 heterocycles. The third-order valence-corrected chi connectivity index (χ3v) is 5.78. The summed E-state index contributed by atoms with van der Waals surface area (Å²) in [4.78, 5) is 0. The van der Waals surface area contributed by atoms with E-state index in [0.29, 0.717) is 17.2 Å². The van der Waals surface area contributed by atoms with Crippen LogP contribution in [0.25, 0.3) is 10.9 Å². The highest BCUT2D eigenvalue weighted by Crippen LogP contribution is 2.45. The van der Waals surface area contributed by atoms with Crippen LogP contribution in [0.15, 0.2) is 54.1 Å². The fraction of sp³-hybridized carbons (Fsp3) is 0.238. The molecule has 1 aliphatic heterocycles. The number of fused-ring (bicyclic) bond motifs is 1. The quantitative estimate of drug-likeness (QED) is 0.670. The number of ether oxygens (including phenoxy) is 3. The maximum atomic E-state index is 5.57. The molecule has 4 rings (SSSR count). The van der Waals surface area contributed by atoms with Gasteiger partial charge in [-0.3, -0.25) is 0 Å². The van der Waals surface area contributed by atoms with Gasteiger partial charge >= 0.3 is 0 Å². The van der Waals surface area contributed by atoms with Gasteiger partial charge in [0.2, 0.25) is 5.75 Å². The first-order chi connectivity index (χ1) is 13.1. The molecule has 0 amide bonds. The van der Waals surface area contributed by atoms with Gasteiger partial charge in [0.25, 0.3) is 0 Å². The third-order valence-electron chi connectivity index (χ3n) is 5.07. The fourth-order valence-electron chi connectivity index (χ4n) is 3.61. The topological polar surface area (TPSA) is 44.7 Å². The van der Waals surface area contributed by atoms with Crippen molar-refractivity contribution in [1.82, 2.24) is 9.29 Å². The lowest BCUT2D eigenvalue weighted by Crippen LogP contribution is -2.34. The molecule has 1 N–H and O–H groups in total. The smallest absolute Gasteiger partial charge is 0.203 e. The molecule has 1 atom stereocenters. The first kappa shape index (κ1) is 17.8. The lowest BCUT2D eigenvalue weighted by atomic mass is 9.83. The van der Waals surface area contributed by atoms with Crippen LogP contribution >= 0.6 is 11.9 Å². The van der Waals surface area contributed by atoms with Crippen LogP contribution in [0.3, 0.4) is 0 Å². The van der Waals surface area contributed by atoms with Crippen molar-refractivity contribution in [1.29, 1.82) is 0 Å². The lowest BCUT2D eigenvalue weighted by Gasteiger charge is -2.30. The van der Waals surface area contributed by atoms with E-state index in [0.717, 1.165) is 11.1 Å². The molecule has 0 saturated heterocycles. The van der Waals surface area contributed by atoms with Crippen LogP contribution in [-0.2, 0) is 12.6 Å². The Bertz CT molecular complexity index is 1000. The predicted octanol–water partition coefficient (Wildman–Crippen LogP) is 4.21. The SMILES string of the molecule is COc1cc(C2(c3ccc4c(ccn4C)c3)C=CSN2)cc(OC)c1OC. The summed E-state index contributed by atoms with van der Waals surface area (Å²) >= 11 is 1.57. The van der Waals surface area contributed by atoms with Gasteiger partial charge in [0.05, 0.1) is 26.9 Å². The van der Waals surface area contributed by atoms with E-state index in [4.69, 9.17) is 14.2 Å². The van der Waals surface area contributed by atoms with Gasteiger partial charge < -0.3 is 18.8 Å². The van der Waals surface area contributed by atoms with Gasteiger partial charge in [0, 0.05) is 18.8 Å². The Hall–Kier alpha value is -2.57. The molecule has 2 aromatic carbocycles. The number of methoxy groups -OCH3 is 3. The van der Waals surface area contributed by atoms with Crippen LogP contribution < -0.4 is 18.9 Å². The molecule has 27 heavy (non-hydrogen) atoms. The molecule has 0 fully saturated rings. The number of rotatable bonds is 5. The molecule has 0 aliphatic carbocycles. The highest BCUT2D eigenvalue weighted by atomic mass is 32.2. The fourth-order valence-corrected chi connectivity index (χ4v) is 4.44. The lowest BCUT2D eigenvalue weighted by molar-refractivity contribution is 0.323. The van der Waals surface area contributed by atoms with Gasteiger partial charge in [-0.1, -0.05) is 18.0 Å². The van der Waals surface area contributed by atoms with Gasteiger partial charge in [-0.2, -0.15) is 0 Å². The molecule has 6 heteroatoms. The van der Waals surface area contributed by atoms with Crippen molar-refractivity contribution in [2.75, 3.05) is 21.3 Å². The van der Waals surface area contributed by atoms with E-state index in [1.807, 2.05) is 12.1 Å². The molecular formula is C21H22N2O3S.